The molecule has 0 aliphatic carbocycles. The maximum atomic E-state index is 14.3. The number of nitrogens with zero attached hydrogens (tertiary/aromatic N) is 1. The number of carboxylic acids is 1. The van der Waals surface area contributed by atoms with Gasteiger partial charge in [0, 0.05) is 32.0 Å². The van der Waals surface area contributed by atoms with Gasteiger partial charge in [-0.1, -0.05) is 48.5 Å². The van der Waals surface area contributed by atoms with E-state index in [2.05, 4.69) is 0 Å². The second-order valence-corrected chi connectivity index (χ2v) is 10.8. The molecule has 0 heterocycles. The summed E-state index contributed by atoms with van der Waals surface area (Å²) in [6.45, 7) is 1.29. The van der Waals surface area contributed by atoms with Gasteiger partial charge in [-0.3, -0.25) is 4.90 Å². The van der Waals surface area contributed by atoms with Crippen molar-refractivity contribution in [3.05, 3.63) is 94.8 Å². The Morgan fingerprint density at radius 1 is 0.974 bits per heavy atom. The molecule has 6 nitrogen and oxygen atoms in total. The number of sulfone groups is 1. The highest BCUT2D eigenvalue weighted by atomic mass is 32.2. The third-order valence-electron chi connectivity index (χ3n) is 5.75. The van der Waals surface area contributed by atoms with Crippen LogP contribution in [0.4, 0.5) is 17.6 Å². The zero-order chi connectivity index (χ0) is 27.9. The molecule has 0 amide bonds. The lowest BCUT2D eigenvalue weighted by molar-refractivity contribution is -0.137. The lowest BCUT2D eigenvalue weighted by atomic mass is 10.1. The van der Waals surface area contributed by atoms with Gasteiger partial charge in [0.25, 0.3) is 0 Å². The Labute approximate surface area is 218 Å². The largest absolute Gasteiger partial charge is 0.493 e. The Morgan fingerprint density at radius 2 is 1.66 bits per heavy atom. The van der Waals surface area contributed by atoms with E-state index in [1.807, 2.05) is 35.2 Å². The van der Waals surface area contributed by atoms with Crippen molar-refractivity contribution >= 4 is 15.8 Å². The van der Waals surface area contributed by atoms with E-state index in [1.54, 1.807) is 6.07 Å². The maximum absolute atomic E-state index is 14.3. The zero-order valence-electron chi connectivity index (χ0n) is 20.5. The monoisotopic (exact) mass is 553 g/mol. The van der Waals surface area contributed by atoms with Crippen LogP contribution < -0.4 is 4.74 Å². The number of ether oxygens (including phenoxy) is 1. The topological polar surface area (TPSA) is 83.9 Å². The number of halogens is 4. The molecule has 0 atom stereocenters. The number of benzene rings is 3. The third-order valence-corrected chi connectivity index (χ3v) is 6.87. The fourth-order valence-electron chi connectivity index (χ4n) is 3.93. The molecule has 0 aliphatic rings. The molecule has 3 aromatic carbocycles. The summed E-state index contributed by atoms with van der Waals surface area (Å²) in [6, 6.07) is 16.5. The van der Waals surface area contributed by atoms with Crippen LogP contribution in [0.3, 0.4) is 0 Å². The molecule has 0 radical (unpaired) electrons. The second kappa shape index (κ2) is 12.4. The van der Waals surface area contributed by atoms with Crippen LogP contribution in [0.2, 0.25) is 0 Å². The zero-order valence-corrected chi connectivity index (χ0v) is 21.4. The Bertz CT molecular complexity index is 1360. The van der Waals surface area contributed by atoms with Crippen molar-refractivity contribution in [3.8, 4) is 5.75 Å². The van der Waals surface area contributed by atoms with E-state index >= 15 is 0 Å². The van der Waals surface area contributed by atoms with Crippen molar-refractivity contribution < 1.29 is 40.6 Å². The van der Waals surface area contributed by atoms with Crippen LogP contribution in [0.25, 0.3) is 0 Å². The standard InChI is InChI=1S/C27H27F4NO5S/c1-38(35,36)24-17-22(16-23(28)25(24)26(33)34)37-14-6-12-32(13-11-19-7-3-2-4-8-19)18-20-9-5-10-21(15-20)27(29,30)31/h2-5,7-10,15-17H,6,11-14,18H2,1H3,(H,33,34). The molecule has 3 rings (SSSR count). The molecule has 11 heteroatoms. The van der Waals surface area contributed by atoms with Gasteiger partial charge in [0.05, 0.1) is 17.1 Å². The summed E-state index contributed by atoms with van der Waals surface area (Å²) < 4.78 is 83.3. The molecule has 0 unspecified atom stereocenters. The van der Waals surface area contributed by atoms with Gasteiger partial charge in [-0.15, -0.1) is 0 Å². The molecule has 0 saturated carbocycles. The van der Waals surface area contributed by atoms with E-state index < -0.39 is 43.8 Å². The summed E-state index contributed by atoms with van der Waals surface area (Å²) in [5.41, 5.74) is -0.110. The first kappa shape index (κ1) is 29.1. The molecule has 1 N–H and O–H groups in total. The Morgan fingerprint density at radius 3 is 2.29 bits per heavy atom. The summed E-state index contributed by atoms with van der Waals surface area (Å²) >= 11 is 0. The van der Waals surface area contributed by atoms with E-state index in [1.165, 1.54) is 6.07 Å². The van der Waals surface area contributed by atoms with E-state index in [0.717, 1.165) is 36.1 Å². The normalized spacial score (nSPS) is 12.1. The number of alkyl halides is 3. The van der Waals surface area contributed by atoms with Crippen LogP contribution >= 0.6 is 0 Å². The van der Waals surface area contributed by atoms with Crippen molar-refractivity contribution in [1.29, 1.82) is 0 Å². The number of rotatable bonds is 12. The predicted octanol–water partition coefficient (Wildman–Crippen LogP) is 5.46. The quantitative estimate of drug-likeness (QED) is 0.237. The predicted molar refractivity (Wildman–Crippen MR) is 133 cm³/mol. The lowest BCUT2D eigenvalue weighted by Gasteiger charge is -2.23. The van der Waals surface area contributed by atoms with Crippen LogP contribution in [0.5, 0.6) is 5.75 Å². The van der Waals surface area contributed by atoms with E-state index in [0.29, 0.717) is 31.5 Å². The maximum Gasteiger partial charge on any atom is 0.416 e. The number of carboxylic acid groups (broad SMARTS) is 1. The highest BCUT2D eigenvalue weighted by molar-refractivity contribution is 7.90. The molecule has 3 aromatic rings. The van der Waals surface area contributed by atoms with Crippen LogP contribution in [0.15, 0.2) is 71.6 Å². The van der Waals surface area contributed by atoms with E-state index in [9.17, 15) is 35.9 Å². The van der Waals surface area contributed by atoms with Gasteiger partial charge in [0.1, 0.15) is 17.1 Å². The van der Waals surface area contributed by atoms with Crippen molar-refractivity contribution in [2.24, 2.45) is 0 Å². The minimum Gasteiger partial charge on any atom is -0.493 e. The number of hydrogen-bond acceptors (Lipinski definition) is 5. The Hall–Kier alpha value is -3.44. The van der Waals surface area contributed by atoms with E-state index in [4.69, 9.17) is 4.74 Å². The summed E-state index contributed by atoms with van der Waals surface area (Å²) in [5.74, 6) is -3.08. The van der Waals surface area contributed by atoms with Crippen LogP contribution in [0, 0.1) is 5.82 Å². The van der Waals surface area contributed by atoms with Crippen LogP contribution in [-0.4, -0.2) is 50.3 Å². The number of carbonyl (C=O) groups is 1. The first-order valence-electron chi connectivity index (χ1n) is 11.7. The fourth-order valence-corrected chi connectivity index (χ4v) is 4.81. The number of aromatic carboxylic acids is 1. The number of hydrogen-bond donors (Lipinski definition) is 1. The highest BCUT2D eigenvalue weighted by Crippen LogP contribution is 2.30. The minimum atomic E-state index is -4.45. The molecule has 0 bridgehead atoms. The molecular formula is C27H27F4NO5S. The van der Waals surface area contributed by atoms with Gasteiger partial charge in [-0.2, -0.15) is 13.2 Å². The van der Waals surface area contributed by atoms with Gasteiger partial charge >= 0.3 is 12.1 Å². The molecule has 0 aliphatic heterocycles. The van der Waals surface area contributed by atoms with Crippen LogP contribution in [0.1, 0.15) is 33.5 Å². The van der Waals surface area contributed by atoms with Crippen molar-refractivity contribution in [1.82, 2.24) is 4.90 Å². The van der Waals surface area contributed by atoms with Crippen LogP contribution in [-0.2, 0) is 29.0 Å². The van der Waals surface area contributed by atoms with Gasteiger partial charge in [-0.25, -0.2) is 17.6 Å². The van der Waals surface area contributed by atoms with Gasteiger partial charge in [0.15, 0.2) is 9.84 Å². The molecule has 204 valence electrons. The summed E-state index contributed by atoms with van der Waals surface area (Å²) in [4.78, 5) is 12.6. The summed E-state index contributed by atoms with van der Waals surface area (Å²) in [6.07, 6.45) is -2.62. The molecule has 0 fully saturated rings. The van der Waals surface area contributed by atoms with E-state index in [-0.39, 0.29) is 18.9 Å². The first-order valence-corrected chi connectivity index (χ1v) is 13.6. The summed E-state index contributed by atoms with van der Waals surface area (Å²) in [5, 5.41) is 9.18. The van der Waals surface area contributed by atoms with Gasteiger partial charge in [0.2, 0.25) is 0 Å². The third kappa shape index (κ3) is 8.29. The SMILES string of the molecule is CS(=O)(=O)c1cc(OCCCN(CCc2ccccc2)Cc2cccc(C(F)(F)F)c2)cc(F)c1C(=O)O. The lowest BCUT2D eigenvalue weighted by Crippen LogP contribution is -2.28. The average Bonchev–Trinajstić information content (AvgIpc) is 2.84. The Kier molecular flexibility index (Phi) is 9.50. The molecule has 0 aromatic heterocycles. The smallest absolute Gasteiger partial charge is 0.416 e. The molecule has 38 heavy (non-hydrogen) atoms. The average molecular weight is 554 g/mol. The minimum absolute atomic E-state index is 0.0412. The Balaban J connectivity index is 1.69. The summed E-state index contributed by atoms with van der Waals surface area (Å²) in [7, 11) is -4.04. The highest BCUT2D eigenvalue weighted by Gasteiger charge is 2.30. The molecule has 0 spiro atoms. The van der Waals surface area contributed by atoms with Gasteiger partial charge < -0.3 is 9.84 Å². The fraction of sp³-hybridized carbons (Fsp3) is 0.296. The second-order valence-electron chi connectivity index (χ2n) is 8.77. The van der Waals surface area contributed by atoms with Gasteiger partial charge in [-0.05, 0) is 36.1 Å². The molecular weight excluding hydrogens is 526 g/mol. The van der Waals surface area contributed by atoms with Crippen molar-refractivity contribution in [2.45, 2.75) is 30.5 Å². The van der Waals surface area contributed by atoms with Crippen molar-refractivity contribution in [2.75, 3.05) is 26.0 Å². The van der Waals surface area contributed by atoms with Crippen molar-refractivity contribution in [3.63, 3.8) is 0 Å². The molecule has 0 saturated heterocycles. The first-order chi connectivity index (χ1) is 17.8.